The van der Waals surface area contributed by atoms with Crippen molar-refractivity contribution in [3.63, 3.8) is 0 Å². The molecule has 0 saturated carbocycles. The van der Waals surface area contributed by atoms with Crippen LogP contribution in [0.15, 0.2) is 24.8 Å². The number of allylic oxidation sites excluding steroid dienone is 1. The van der Waals surface area contributed by atoms with E-state index in [-0.39, 0.29) is 30.9 Å². The number of methoxy groups -OCH3 is 3. The van der Waals surface area contributed by atoms with Gasteiger partial charge in [0.2, 0.25) is 0 Å². The van der Waals surface area contributed by atoms with Crippen LogP contribution in [0.5, 0.6) is 17.2 Å². The lowest BCUT2D eigenvalue weighted by Gasteiger charge is -2.36. The topological polar surface area (TPSA) is 43.0 Å². The molecule has 7 heteroatoms. The monoisotopic (exact) mass is 392 g/mol. The number of nitrogens with one attached hydrogen (secondary N) is 1. The highest BCUT2D eigenvalue weighted by Gasteiger charge is 2.28. The molecule has 1 atom stereocenters. The van der Waals surface area contributed by atoms with Gasteiger partial charge in [-0.15, -0.1) is 31.4 Å². The molecule has 0 bridgehead atoms. The van der Waals surface area contributed by atoms with Crippen LogP contribution in [0.1, 0.15) is 24.4 Å². The van der Waals surface area contributed by atoms with Gasteiger partial charge < -0.3 is 19.5 Å². The smallest absolute Gasteiger partial charge is 0.131 e. The molecule has 0 aromatic heterocycles. The van der Waals surface area contributed by atoms with E-state index in [2.05, 4.69) is 16.8 Å². The second-order valence-electron chi connectivity index (χ2n) is 5.61. The van der Waals surface area contributed by atoms with Gasteiger partial charge in [0.1, 0.15) is 17.2 Å². The first-order valence-corrected chi connectivity index (χ1v) is 8.10. The minimum Gasteiger partial charge on any atom is -0.496 e. The minimum absolute atomic E-state index is 0. The highest BCUT2D eigenvalue weighted by molar-refractivity contribution is 5.85. The predicted molar refractivity (Wildman–Crippen MR) is 107 cm³/mol. The van der Waals surface area contributed by atoms with E-state index in [0.717, 1.165) is 61.8 Å². The van der Waals surface area contributed by atoms with E-state index < -0.39 is 0 Å². The average Bonchev–Trinajstić information content (AvgIpc) is 2.62. The van der Waals surface area contributed by atoms with Crippen LogP contribution in [0.3, 0.4) is 0 Å². The number of hydrogen-bond donors (Lipinski definition) is 1. The van der Waals surface area contributed by atoms with Crippen LogP contribution in [0, 0.1) is 0 Å². The van der Waals surface area contributed by atoms with Crippen LogP contribution in [0.4, 0.5) is 0 Å². The number of rotatable bonds is 8. The van der Waals surface area contributed by atoms with Crippen molar-refractivity contribution in [2.24, 2.45) is 0 Å². The fourth-order valence-electron chi connectivity index (χ4n) is 3.14. The Hall–Kier alpha value is -1.14. The van der Waals surface area contributed by atoms with E-state index in [1.165, 1.54) is 0 Å². The quantitative estimate of drug-likeness (QED) is 0.686. The van der Waals surface area contributed by atoms with Crippen molar-refractivity contribution in [2.45, 2.75) is 18.9 Å². The second kappa shape index (κ2) is 12.3. The van der Waals surface area contributed by atoms with E-state index >= 15 is 0 Å². The van der Waals surface area contributed by atoms with Gasteiger partial charge in [-0.05, 0) is 12.8 Å². The van der Waals surface area contributed by atoms with Crippen LogP contribution < -0.4 is 19.5 Å². The summed E-state index contributed by atoms with van der Waals surface area (Å²) in [6.07, 6.45) is 3.91. The first-order chi connectivity index (χ1) is 11.2. The van der Waals surface area contributed by atoms with Gasteiger partial charge >= 0.3 is 0 Å². The van der Waals surface area contributed by atoms with Gasteiger partial charge in [0.25, 0.3) is 0 Å². The number of halogens is 2. The van der Waals surface area contributed by atoms with Crippen molar-refractivity contribution in [1.29, 1.82) is 0 Å². The Morgan fingerprint density at radius 3 is 2.08 bits per heavy atom. The number of nitrogens with zero attached hydrogens (tertiary/aromatic N) is 1. The average molecular weight is 393 g/mol. The standard InChI is InChI=1S/C18H28N2O3.2ClH/c1-5-6-7-15(20-10-8-19-9-11-20)18-16(22-3)12-14(21-2)13-17(18)23-4;;/h5,12-13,15,19H,1,6-11H2,2-4H3;2*1H/t15-;;/m0../s1. The van der Waals surface area contributed by atoms with Crippen molar-refractivity contribution in [3.05, 3.63) is 30.4 Å². The van der Waals surface area contributed by atoms with Crippen molar-refractivity contribution in [2.75, 3.05) is 47.5 Å². The molecule has 25 heavy (non-hydrogen) atoms. The summed E-state index contributed by atoms with van der Waals surface area (Å²) in [6, 6.07) is 4.10. The van der Waals surface area contributed by atoms with Gasteiger partial charge in [-0.3, -0.25) is 4.90 Å². The second-order valence-corrected chi connectivity index (χ2v) is 5.61. The predicted octanol–water partition coefficient (Wildman–Crippen LogP) is 3.47. The summed E-state index contributed by atoms with van der Waals surface area (Å²) >= 11 is 0. The van der Waals surface area contributed by atoms with Crippen LogP contribution in [-0.4, -0.2) is 52.4 Å². The molecule has 1 aromatic rings. The Labute approximate surface area is 163 Å². The maximum absolute atomic E-state index is 5.65. The molecule has 1 N–H and O–H groups in total. The van der Waals surface area contributed by atoms with Crippen molar-refractivity contribution in [1.82, 2.24) is 10.2 Å². The van der Waals surface area contributed by atoms with Gasteiger partial charge in [0.15, 0.2) is 0 Å². The Morgan fingerprint density at radius 1 is 1.08 bits per heavy atom. The third-order valence-corrected chi connectivity index (χ3v) is 4.32. The third kappa shape index (κ3) is 5.96. The van der Waals surface area contributed by atoms with E-state index in [4.69, 9.17) is 14.2 Å². The molecule has 0 radical (unpaired) electrons. The highest BCUT2D eigenvalue weighted by Crippen LogP contribution is 2.42. The lowest BCUT2D eigenvalue weighted by molar-refractivity contribution is 0.160. The zero-order valence-corrected chi connectivity index (χ0v) is 16.9. The van der Waals surface area contributed by atoms with Gasteiger partial charge in [0, 0.05) is 44.4 Å². The van der Waals surface area contributed by atoms with Gasteiger partial charge in [-0.25, -0.2) is 0 Å². The lowest BCUT2D eigenvalue weighted by atomic mass is 9.97. The molecule has 0 aliphatic carbocycles. The van der Waals surface area contributed by atoms with E-state index in [1.54, 1.807) is 21.3 Å². The molecular weight excluding hydrogens is 363 g/mol. The Kier molecular flexibility index (Phi) is 11.7. The molecule has 2 rings (SSSR count). The lowest BCUT2D eigenvalue weighted by Crippen LogP contribution is -2.45. The highest BCUT2D eigenvalue weighted by atomic mass is 35.5. The molecule has 0 amide bonds. The normalized spacial score (nSPS) is 15.3. The number of benzene rings is 1. The van der Waals surface area contributed by atoms with Crippen molar-refractivity contribution >= 4 is 24.8 Å². The number of piperazine rings is 1. The fourth-order valence-corrected chi connectivity index (χ4v) is 3.14. The van der Waals surface area contributed by atoms with E-state index in [0.29, 0.717) is 0 Å². The molecule has 1 fully saturated rings. The molecule has 144 valence electrons. The summed E-state index contributed by atoms with van der Waals surface area (Å²) < 4.78 is 16.7. The molecule has 1 aromatic carbocycles. The van der Waals surface area contributed by atoms with Crippen molar-refractivity contribution < 1.29 is 14.2 Å². The summed E-state index contributed by atoms with van der Waals surface area (Å²) in [7, 11) is 5.04. The van der Waals surface area contributed by atoms with Gasteiger partial charge in [-0.1, -0.05) is 6.08 Å². The molecular formula is C18H30Cl2N2O3. The Bertz CT molecular complexity index is 498. The SMILES string of the molecule is C=CCC[C@@H](c1c(OC)cc(OC)cc1OC)N1CCNCC1.Cl.Cl. The third-order valence-electron chi connectivity index (χ3n) is 4.32. The summed E-state index contributed by atoms with van der Waals surface area (Å²) in [5, 5.41) is 3.41. The van der Waals surface area contributed by atoms with Crippen LogP contribution >= 0.6 is 24.8 Å². The Morgan fingerprint density at radius 2 is 1.64 bits per heavy atom. The fraction of sp³-hybridized carbons (Fsp3) is 0.556. The van der Waals surface area contributed by atoms with Crippen LogP contribution in [-0.2, 0) is 0 Å². The zero-order chi connectivity index (χ0) is 16.7. The number of ether oxygens (including phenoxy) is 3. The van der Waals surface area contributed by atoms with Gasteiger partial charge in [0.05, 0.1) is 26.9 Å². The summed E-state index contributed by atoms with van der Waals surface area (Å²) in [5.74, 6) is 2.37. The molecule has 5 nitrogen and oxygen atoms in total. The molecule has 1 saturated heterocycles. The summed E-state index contributed by atoms with van der Waals surface area (Å²) in [6.45, 7) is 7.91. The molecule has 1 aliphatic rings. The molecule has 1 heterocycles. The maximum atomic E-state index is 5.65. The minimum atomic E-state index is 0. The summed E-state index contributed by atoms with van der Waals surface area (Å²) in [4.78, 5) is 2.49. The van der Waals surface area contributed by atoms with Crippen LogP contribution in [0.25, 0.3) is 0 Å². The largest absolute Gasteiger partial charge is 0.496 e. The zero-order valence-electron chi connectivity index (χ0n) is 15.2. The first-order valence-electron chi connectivity index (χ1n) is 8.10. The Balaban J connectivity index is 0.00000288. The van der Waals surface area contributed by atoms with Crippen molar-refractivity contribution in [3.8, 4) is 17.2 Å². The van der Waals surface area contributed by atoms with E-state index in [9.17, 15) is 0 Å². The molecule has 1 aliphatic heterocycles. The number of hydrogen-bond acceptors (Lipinski definition) is 5. The molecule has 0 spiro atoms. The summed E-state index contributed by atoms with van der Waals surface area (Å²) in [5.41, 5.74) is 1.10. The maximum Gasteiger partial charge on any atom is 0.131 e. The van der Waals surface area contributed by atoms with Gasteiger partial charge in [-0.2, -0.15) is 0 Å². The molecule has 0 unspecified atom stereocenters. The van der Waals surface area contributed by atoms with E-state index in [1.807, 2.05) is 18.2 Å². The first kappa shape index (κ1) is 23.9. The van der Waals surface area contributed by atoms with Crippen LogP contribution in [0.2, 0.25) is 0 Å².